The first-order valence-electron chi connectivity index (χ1n) is 5.35. The largest absolute Gasteiger partial charge is 0.417 e. The zero-order valence-electron chi connectivity index (χ0n) is 9.65. The maximum atomic E-state index is 12.8. The van der Waals surface area contributed by atoms with Gasteiger partial charge in [-0.3, -0.25) is 0 Å². The van der Waals surface area contributed by atoms with E-state index in [1.165, 1.54) is 23.9 Å². The minimum atomic E-state index is -4.55. The first kappa shape index (κ1) is 14.0. The third-order valence-corrected chi connectivity index (χ3v) is 3.72. The number of thioether (sulfide) groups is 1. The molecule has 8 heteroatoms. The topological polar surface area (TPSA) is 67.8 Å². The summed E-state index contributed by atoms with van der Waals surface area (Å²) >= 11 is 1.41. The van der Waals surface area contributed by atoms with Crippen molar-refractivity contribution in [2.75, 3.05) is 13.2 Å². The number of rotatable bonds is 3. The summed E-state index contributed by atoms with van der Waals surface area (Å²) in [6, 6.07) is 3.59. The van der Waals surface area contributed by atoms with Crippen LogP contribution >= 0.6 is 11.8 Å². The summed E-state index contributed by atoms with van der Waals surface area (Å²) in [5.41, 5.74) is 4.07. The number of oxime groups is 1. The molecule has 0 atom stereocenters. The Labute approximate surface area is 111 Å². The fraction of sp³-hybridized carbons (Fsp3) is 0.364. The average Bonchev–Trinajstić information content (AvgIpc) is 2.31. The van der Waals surface area contributed by atoms with Crippen molar-refractivity contribution in [3.05, 3.63) is 29.3 Å². The van der Waals surface area contributed by atoms with Crippen LogP contribution in [0.25, 0.3) is 0 Å². The second-order valence-corrected chi connectivity index (χ2v) is 5.34. The maximum Gasteiger partial charge on any atom is 0.417 e. The summed E-state index contributed by atoms with van der Waals surface area (Å²) in [4.78, 5) is 0.628. The summed E-state index contributed by atoms with van der Waals surface area (Å²) in [5.74, 6) is -0.556. The molecule has 1 aromatic carbocycles. The Morgan fingerprint density at radius 3 is 2.58 bits per heavy atom. The second kappa shape index (κ2) is 5.30. The number of ether oxygens (including phenoxy) is 1. The van der Waals surface area contributed by atoms with E-state index in [2.05, 4.69) is 5.16 Å². The molecule has 3 N–H and O–H groups in total. The van der Waals surface area contributed by atoms with Gasteiger partial charge in [0.15, 0.2) is 5.84 Å². The van der Waals surface area contributed by atoms with Crippen LogP contribution in [0.4, 0.5) is 13.2 Å². The lowest BCUT2D eigenvalue weighted by atomic mass is 10.1. The van der Waals surface area contributed by atoms with E-state index in [9.17, 15) is 13.2 Å². The highest BCUT2D eigenvalue weighted by atomic mass is 32.2. The van der Waals surface area contributed by atoms with Gasteiger partial charge >= 0.3 is 6.18 Å². The Kier molecular flexibility index (Phi) is 3.91. The van der Waals surface area contributed by atoms with E-state index in [1.807, 2.05) is 0 Å². The van der Waals surface area contributed by atoms with E-state index in [4.69, 9.17) is 15.7 Å². The molecule has 0 amide bonds. The van der Waals surface area contributed by atoms with Crippen LogP contribution < -0.4 is 5.73 Å². The van der Waals surface area contributed by atoms with Crippen molar-refractivity contribution < 1.29 is 23.1 Å². The molecule has 1 heterocycles. The molecule has 1 aliphatic rings. The number of alkyl halides is 3. The molecule has 0 aliphatic carbocycles. The molecule has 4 nitrogen and oxygen atoms in total. The number of halogens is 3. The minimum absolute atomic E-state index is 0.233. The highest BCUT2D eigenvalue weighted by Crippen LogP contribution is 2.35. The molecule has 1 fully saturated rings. The predicted octanol–water partition coefficient (Wildman–Crippen LogP) is 2.29. The van der Waals surface area contributed by atoms with E-state index in [0.717, 1.165) is 6.07 Å². The van der Waals surface area contributed by atoms with Gasteiger partial charge in [0.25, 0.3) is 0 Å². The molecule has 104 valence electrons. The summed E-state index contributed by atoms with van der Waals surface area (Å²) in [7, 11) is 0. The van der Waals surface area contributed by atoms with Crippen LogP contribution in [0.3, 0.4) is 0 Å². The van der Waals surface area contributed by atoms with Crippen molar-refractivity contribution in [2.45, 2.75) is 16.3 Å². The van der Waals surface area contributed by atoms with Crippen LogP contribution in [-0.2, 0) is 10.9 Å². The number of benzene rings is 1. The standard InChI is InChI=1S/C11H11F3N2O2S/c12-11(13,14)9-2-1-6(19-7-4-18-5-7)3-8(9)10(15)16-17/h1-3,7,17H,4-5H2,(H2,15,16). The molecular formula is C11H11F3N2O2S. The zero-order chi connectivity index (χ0) is 14.0. The van der Waals surface area contributed by atoms with Crippen LogP contribution in [0.15, 0.2) is 28.3 Å². The lowest BCUT2D eigenvalue weighted by molar-refractivity contribution is -0.137. The highest BCUT2D eigenvalue weighted by Gasteiger charge is 2.34. The smallest absolute Gasteiger partial charge is 0.409 e. The second-order valence-electron chi connectivity index (χ2n) is 3.97. The van der Waals surface area contributed by atoms with Crippen LogP contribution in [0, 0.1) is 0 Å². The first-order chi connectivity index (χ1) is 8.91. The number of nitrogens with two attached hydrogens (primary N) is 1. The molecule has 1 aliphatic heterocycles. The van der Waals surface area contributed by atoms with E-state index < -0.39 is 17.6 Å². The molecule has 0 unspecified atom stereocenters. The van der Waals surface area contributed by atoms with Crippen molar-refractivity contribution in [2.24, 2.45) is 10.9 Å². The molecule has 0 bridgehead atoms. The van der Waals surface area contributed by atoms with Gasteiger partial charge in [-0.2, -0.15) is 13.2 Å². The van der Waals surface area contributed by atoms with Gasteiger partial charge in [-0.05, 0) is 18.2 Å². The highest BCUT2D eigenvalue weighted by molar-refractivity contribution is 8.00. The molecule has 0 saturated carbocycles. The normalized spacial score (nSPS) is 17.3. The lowest BCUT2D eigenvalue weighted by Crippen LogP contribution is -2.30. The molecule has 1 saturated heterocycles. The monoisotopic (exact) mass is 292 g/mol. The van der Waals surface area contributed by atoms with E-state index in [1.54, 1.807) is 0 Å². The van der Waals surface area contributed by atoms with Gasteiger partial charge in [-0.1, -0.05) is 5.16 Å². The van der Waals surface area contributed by atoms with Gasteiger partial charge in [0.05, 0.1) is 24.0 Å². The fourth-order valence-corrected chi connectivity index (χ4v) is 2.63. The molecule has 19 heavy (non-hydrogen) atoms. The van der Waals surface area contributed by atoms with Gasteiger partial charge in [-0.25, -0.2) is 0 Å². The van der Waals surface area contributed by atoms with Crippen molar-refractivity contribution in [1.82, 2.24) is 0 Å². The van der Waals surface area contributed by atoms with E-state index in [-0.39, 0.29) is 10.8 Å². The Hall–Kier alpha value is -1.41. The van der Waals surface area contributed by atoms with E-state index >= 15 is 0 Å². The van der Waals surface area contributed by atoms with Gasteiger partial charge in [0, 0.05) is 10.5 Å². The zero-order valence-corrected chi connectivity index (χ0v) is 10.5. The fourth-order valence-electron chi connectivity index (χ4n) is 1.58. The lowest BCUT2D eigenvalue weighted by Gasteiger charge is -2.25. The Morgan fingerprint density at radius 1 is 1.42 bits per heavy atom. The predicted molar refractivity (Wildman–Crippen MR) is 64.4 cm³/mol. The third-order valence-electron chi connectivity index (χ3n) is 2.59. The summed E-state index contributed by atoms with van der Waals surface area (Å²) < 4.78 is 43.4. The van der Waals surface area contributed by atoms with Crippen molar-refractivity contribution in [3.63, 3.8) is 0 Å². The van der Waals surface area contributed by atoms with Gasteiger partial charge in [-0.15, -0.1) is 11.8 Å². The van der Waals surface area contributed by atoms with Crippen LogP contribution in [-0.4, -0.2) is 29.5 Å². The van der Waals surface area contributed by atoms with Crippen molar-refractivity contribution >= 4 is 17.6 Å². The van der Waals surface area contributed by atoms with Crippen molar-refractivity contribution in [3.8, 4) is 0 Å². The molecular weight excluding hydrogens is 281 g/mol. The number of nitrogens with zero attached hydrogens (tertiary/aromatic N) is 1. The Morgan fingerprint density at radius 2 is 2.11 bits per heavy atom. The maximum absolute atomic E-state index is 12.8. The van der Waals surface area contributed by atoms with Crippen molar-refractivity contribution in [1.29, 1.82) is 0 Å². The SMILES string of the molecule is N/C(=N/O)c1cc(SC2COC2)ccc1C(F)(F)F. The summed E-state index contributed by atoms with van der Waals surface area (Å²) in [6.07, 6.45) is -4.55. The number of hydrogen-bond donors (Lipinski definition) is 2. The van der Waals surface area contributed by atoms with Crippen LogP contribution in [0.2, 0.25) is 0 Å². The van der Waals surface area contributed by atoms with Gasteiger partial charge in [0.2, 0.25) is 0 Å². The number of hydrogen-bond acceptors (Lipinski definition) is 4. The average molecular weight is 292 g/mol. The number of amidine groups is 1. The Balaban J connectivity index is 2.35. The molecule has 0 spiro atoms. The van der Waals surface area contributed by atoms with Crippen LogP contribution in [0.1, 0.15) is 11.1 Å². The molecule has 1 aromatic rings. The van der Waals surface area contributed by atoms with Crippen LogP contribution in [0.5, 0.6) is 0 Å². The molecule has 0 aromatic heterocycles. The minimum Gasteiger partial charge on any atom is -0.409 e. The summed E-state index contributed by atoms with van der Waals surface area (Å²) in [5, 5.41) is 11.5. The van der Waals surface area contributed by atoms with Gasteiger partial charge < -0.3 is 15.7 Å². The third kappa shape index (κ3) is 3.13. The van der Waals surface area contributed by atoms with E-state index in [0.29, 0.717) is 18.1 Å². The van der Waals surface area contributed by atoms with Gasteiger partial charge in [0.1, 0.15) is 0 Å². The Bertz CT molecular complexity index is 501. The quantitative estimate of drug-likeness (QED) is 0.388. The molecule has 2 rings (SSSR count). The molecule has 0 radical (unpaired) electrons. The first-order valence-corrected chi connectivity index (χ1v) is 6.23. The summed E-state index contributed by atoms with van der Waals surface area (Å²) in [6.45, 7) is 1.15.